The zero-order valence-corrected chi connectivity index (χ0v) is 10.7. The van der Waals surface area contributed by atoms with Crippen LogP contribution in [-0.4, -0.2) is 25.0 Å². The molecule has 94 valence electrons. The van der Waals surface area contributed by atoms with Gasteiger partial charge in [0.05, 0.1) is 23.6 Å². The van der Waals surface area contributed by atoms with Gasteiger partial charge in [-0.25, -0.2) is 0 Å². The number of thiophene rings is 1. The van der Waals surface area contributed by atoms with Crippen LogP contribution in [-0.2, 0) is 16.0 Å². The van der Waals surface area contributed by atoms with E-state index in [9.17, 15) is 9.59 Å². The average Bonchev–Trinajstić information content (AvgIpc) is 2.60. The van der Waals surface area contributed by atoms with Crippen LogP contribution < -0.4 is 11.1 Å². The fraction of sp³-hybridized carbons (Fsp3) is 0.455. The first-order valence-corrected chi connectivity index (χ1v) is 6.27. The summed E-state index contributed by atoms with van der Waals surface area (Å²) in [6.45, 7) is 4.41. The lowest BCUT2D eigenvalue weighted by molar-refractivity contribution is -0.142. The average molecular weight is 256 g/mol. The smallest absolute Gasteiger partial charge is 0.310 e. The van der Waals surface area contributed by atoms with Crippen LogP contribution in [0.2, 0.25) is 0 Å². The van der Waals surface area contributed by atoms with Gasteiger partial charge in [-0.2, -0.15) is 0 Å². The Morgan fingerprint density at radius 3 is 2.76 bits per heavy atom. The van der Waals surface area contributed by atoms with Crippen molar-refractivity contribution in [2.45, 2.75) is 20.3 Å². The van der Waals surface area contributed by atoms with Gasteiger partial charge in [0.2, 0.25) is 0 Å². The van der Waals surface area contributed by atoms with Crippen LogP contribution in [0.3, 0.4) is 0 Å². The Kier molecular flexibility index (Phi) is 4.96. The summed E-state index contributed by atoms with van der Waals surface area (Å²) in [6, 6.07) is 0. The first-order chi connectivity index (χ1) is 8.10. The lowest BCUT2D eigenvalue weighted by atomic mass is 10.1. The molecular weight excluding hydrogens is 240 g/mol. The number of ether oxygens (including phenoxy) is 1. The lowest BCUT2D eigenvalue weighted by Crippen LogP contribution is -2.24. The second-order valence-electron chi connectivity index (χ2n) is 3.34. The number of nitrogens with two attached hydrogens (primary N) is 1. The quantitative estimate of drug-likeness (QED) is 0.775. The van der Waals surface area contributed by atoms with Crippen molar-refractivity contribution >= 4 is 28.2 Å². The van der Waals surface area contributed by atoms with Gasteiger partial charge in [0.15, 0.2) is 0 Å². The summed E-state index contributed by atoms with van der Waals surface area (Å²) in [6.07, 6.45) is 0.0774. The van der Waals surface area contributed by atoms with Crippen LogP contribution in [0.25, 0.3) is 0 Å². The van der Waals surface area contributed by atoms with E-state index in [-0.39, 0.29) is 18.3 Å². The van der Waals surface area contributed by atoms with Gasteiger partial charge in [-0.05, 0) is 24.8 Å². The minimum Gasteiger partial charge on any atom is -0.466 e. The summed E-state index contributed by atoms with van der Waals surface area (Å²) in [5, 5.41) is 4.82. The molecule has 1 aromatic rings. The summed E-state index contributed by atoms with van der Waals surface area (Å²) >= 11 is 1.25. The number of esters is 1. The number of amides is 1. The third-order valence-electron chi connectivity index (χ3n) is 2.10. The number of nitrogen functional groups attached to an aromatic ring is 1. The molecule has 0 radical (unpaired) electrons. The van der Waals surface area contributed by atoms with Gasteiger partial charge in [0.1, 0.15) is 0 Å². The second kappa shape index (κ2) is 6.24. The highest BCUT2D eigenvalue weighted by atomic mass is 32.1. The van der Waals surface area contributed by atoms with E-state index in [2.05, 4.69) is 5.32 Å². The predicted octanol–water partition coefficient (Wildman–Crippen LogP) is 1.19. The van der Waals surface area contributed by atoms with Crippen molar-refractivity contribution in [1.82, 2.24) is 5.32 Å². The first kappa shape index (κ1) is 13.5. The Bertz CT molecular complexity index is 415. The molecule has 0 aliphatic rings. The number of hydrogen-bond acceptors (Lipinski definition) is 5. The minimum absolute atomic E-state index is 0.0774. The largest absolute Gasteiger partial charge is 0.466 e. The maximum atomic E-state index is 11.8. The monoisotopic (exact) mass is 256 g/mol. The molecule has 1 heterocycles. The van der Waals surface area contributed by atoms with Crippen molar-refractivity contribution in [1.29, 1.82) is 0 Å². The van der Waals surface area contributed by atoms with Gasteiger partial charge < -0.3 is 15.8 Å². The highest BCUT2D eigenvalue weighted by Gasteiger charge is 2.19. The standard InChI is InChI=1S/C11H16N2O3S/c1-3-13-11(15)9-7(6-17-10(9)12)5-8(14)16-4-2/h6H,3-5,12H2,1-2H3,(H,13,15). The van der Waals surface area contributed by atoms with Crippen LogP contribution >= 0.6 is 11.3 Å². The molecule has 3 N–H and O–H groups in total. The first-order valence-electron chi connectivity index (χ1n) is 5.39. The van der Waals surface area contributed by atoms with Crippen molar-refractivity contribution in [3.05, 3.63) is 16.5 Å². The molecular formula is C11H16N2O3S. The summed E-state index contributed by atoms with van der Waals surface area (Å²) in [4.78, 5) is 23.1. The molecule has 1 amide bonds. The van der Waals surface area contributed by atoms with E-state index in [1.165, 1.54) is 11.3 Å². The van der Waals surface area contributed by atoms with E-state index in [1.54, 1.807) is 12.3 Å². The van der Waals surface area contributed by atoms with Crippen molar-refractivity contribution in [3.63, 3.8) is 0 Å². The number of nitrogens with one attached hydrogen (secondary N) is 1. The minimum atomic E-state index is -0.351. The van der Waals surface area contributed by atoms with Crippen molar-refractivity contribution < 1.29 is 14.3 Å². The molecule has 0 saturated heterocycles. The molecule has 1 rings (SSSR count). The molecule has 0 aromatic carbocycles. The van der Waals surface area contributed by atoms with Gasteiger partial charge in [-0.1, -0.05) is 0 Å². The summed E-state index contributed by atoms with van der Waals surface area (Å²) in [7, 11) is 0. The van der Waals surface area contributed by atoms with E-state index in [0.29, 0.717) is 29.3 Å². The second-order valence-corrected chi connectivity index (χ2v) is 4.25. The van der Waals surface area contributed by atoms with E-state index in [4.69, 9.17) is 10.5 Å². The van der Waals surface area contributed by atoms with E-state index >= 15 is 0 Å². The van der Waals surface area contributed by atoms with Crippen LogP contribution in [0.1, 0.15) is 29.8 Å². The van der Waals surface area contributed by atoms with Crippen LogP contribution in [0.5, 0.6) is 0 Å². The maximum absolute atomic E-state index is 11.8. The van der Waals surface area contributed by atoms with Gasteiger partial charge >= 0.3 is 5.97 Å². The van der Waals surface area contributed by atoms with Crippen LogP contribution in [0.4, 0.5) is 5.00 Å². The Hall–Kier alpha value is -1.56. The molecule has 0 fully saturated rings. The van der Waals surface area contributed by atoms with E-state index < -0.39 is 0 Å². The normalized spacial score (nSPS) is 10.0. The molecule has 0 aliphatic carbocycles. The SMILES string of the molecule is CCNC(=O)c1c(CC(=O)OCC)csc1N. The number of anilines is 1. The molecule has 1 aromatic heterocycles. The molecule has 0 atom stereocenters. The maximum Gasteiger partial charge on any atom is 0.310 e. The Labute approximate surface area is 104 Å². The van der Waals surface area contributed by atoms with Crippen molar-refractivity contribution in [3.8, 4) is 0 Å². The Morgan fingerprint density at radius 1 is 1.47 bits per heavy atom. The zero-order valence-electron chi connectivity index (χ0n) is 9.91. The molecule has 6 heteroatoms. The van der Waals surface area contributed by atoms with Gasteiger partial charge in [0.25, 0.3) is 5.91 Å². The summed E-state index contributed by atoms with van der Waals surface area (Å²) in [5.74, 6) is -0.596. The molecule has 0 saturated carbocycles. The molecule has 0 spiro atoms. The van der Waals surface area contributed by atoms with Gasteiger partial charge in [-0.3, -0.25) is 9.59 Å². The fourth-order valence-corrected chi connectivity index (χ4v) is 2.23. The van der Waals surface area contributed by atoms with Crippen molar-refractivity contribution in [2.75, 3.05) is 18.9 Å². The number of carbonyl (C=O) groups is 2. The predicted molar refractivity (Wildman–Crippen MR) is 67.1 cm³/mol. The molecule has 0 bridgehead atoms. The number of rotatable bonds is 5. The Balaban J connectivity index is 2.86. The Morgan fingerprint density at radius 2 is 2.18 bits per heavy atom. The third-order valence-corrected chi connectivity index (χ3v) is 2.96. The van der Waals surface area contributed by atoms with Crippen molar-refractivity contribution in [2.24, 2.45) is 0 Å². The lowest BCUT2D eigenvalue weighted by Gasteiger charge is -2.05. The van der Waals surface area contributed by atoms with Gasteiger partial charge in [0, 0.05) is 6.54 Å². The van der Waals surface area contributed by atoms with Crippen LogP contribution in [0, 0.1) is 0 Å². The number of hydrogen-bond donors (Lipinski definition) is 2. The van der Waals surface area contributed by atoms with E-state index in [0.717, 1.165) is 0 Å². The summed E-state index contributed by atoms with van der Waals surface area (Å²) < 4.78 is 4.84. The highest BCUT2D eigenvalue weighted by Crippen LogP contribution is 2.25. The number of carbonyl (C=O) groups excluding carboxylic acids is 2. The molecule has 0 aliphatic heterocycles. The summed E-state index contributed by atoms with van der Waals surface area (Å²) in [5.41, 5.74) is 6.74. The molecule has 5 nitrogen and oxygen atoms in total. The van der Waals surface area contributed by atoms with E-state index in [1.807, 2.05) is 6.92 Å². The molecule has 17 heavy (non-hydrogen) atoms. The highest BCUT2D eigenvalue weighted by molar-refractivity contribution is 7.14. The zero-order chi connectivity index (χ0) is 12.8. The fourth-order valence-electron chi connectivity index (χ4n) is 1.41. The molecule has 0 unspecified atom stereocenters. The van der Waals surface area contributed by atoms with Gasteiger partial charge in [-0.15, -0.1) is 11.3 Å². The van der Waals surface area contributed by atoms with Crippen LogP contribution in [0.15, 0.2) is 5.38 Å². The topological polar surface area (TPSA) is 81.4 Å². The third kappa shape index (κ3) is 3.45.